The van der Waals surface area contributed by atoms with Crippen molar-refractivity contribution in [3.05, 3.63) is 16.4 Å². The van der Waals surface area contributed by atoms with Crippen LogP contribution in [0.3, 0.4) is 0 Å². The summed E-state index contributed by atoms with van der Waals surface area (Å²) in [6.45, 7) is 3.62. The second-order valence-electron chi connectivity index (χ2n) is 4.82. The quantitative estimate of drug-likeness (QED) is 0.896. The van der Waals surface area contributed by atoms with Crippen LogP contribution in [0, 0.1) is 12.8 Å². The van der Waals surface area contributed by atoms with E-state index in [9.17, 15) is 0 Å². The number of aromatic nitrogens is 2. The Bertz CT molecular complexity index is 385. The maximum Gasteiger partial charge on any atom is 0.130 e. The van der Waals surface area contributed by atoms with Gasteiger partial charge in [-0.15, -0.1) is 0 Å². The molecule has 1 aliphatic heterocycles. The molecule has 2 heterocycles. The summed E-state index contributed by atoms with van der Waals surface area (Å²) >= 11 is 6.21. The number of nitrogens with two attached hydrogens (primary N) is 1. The van der Waals surface area contributed by atoms with E-state index in [-0.39, 0.29) is 6.04 Å². The van der Waals surface area contributed by atoms with Crippen molar-refractivity contribution < 1.29 is 4.74 Å². The minimum atomic E-state index is 0.107. The van der Waals surface area contributed by atoms with Crippen LogP contribution in [0.15, 0.2) is 0 Å². The molecule has 0 amide bonds. The Kier molecular flexibility index (Phi) is 4.07. The summed E-state index contributed by atoms with van der Waals surface area (Å²) in [5, 5.41) is 5.01. The number of aryl methyl sites for hydroxylation is 2. The third kappa shape index (κ3) is 2.81. The molecule has 1 fully saturated rings. The lowest BCUT2D eigenvalue weighted by molar-refractivity contribution is 0.0450. The van der Waals surface area contributed by atoms with E-state index in [1.165, 1.54) is 0 Å². The van der Waals surface area contributed by atoms with E-state index in [4.69, 9.17) is 22.1 Å². The second-order valence-corrected chi connectivity index (χ2v) is 5.18. The summed E-state index contributed by atoms with van der Waals surface area (Å²) in [6, 6.07) is 0.107. The van der Waals surface area contributed by atoms with Crippen molar-refractivity contribution in [3.63, 3.8) is 0 Å². The highest BCUT2D eigenvalue weighted by Gasteiger charge is 2.23. The molecule has 0 saturated carbocycles. The fourth-order valence-corrected chi connectivity index (χ4v) is 2.66. The fraction of sp³-hybridized carbons (Fsp3) is 0.750. The Morgan fingerprint density at radius 1 is 1.65 bits per heavy atom. The molecule has 2 rings (SSSR count). The highest BCUT2D eigenvalue weighted by Crippen LogP contribution is 2.24. The minimum absolute atomic E-state index is 0.107. The Balaban J connectivity index is 2.04. The first kappa shape index (κ1) is 12.9. The van der Waals surface area contributed by atoms with Gasteiger partial charge in [-0.25, -0.2) is 0 Å². The number of nitrogens with zero attached hydrogens (tertiary/aromatic N) is 2. The van der Waals surface area contributed by atoms with Gasteiger partial charge in [0.2, 0.25) is 0 Å². The lowest BCUT2D eigenvalue weighted by atomic mass is 9.90. The summed E-state index contributed by atoms with van der Waals surface area (Å²) in [5.41, 5.74) is 8.30. The van der Waals surface area contributed by atoms with Crippen molar-refractivity contribution in [1.29, 1.82) is 0 Å². The molecule has 96 valence electrons. The third-order valence-electron chi connectivity index (χ3n) is 3.51. The monoisotopic (exact) mass is 257 g/mol. The first-order valence-corrected chi connectivity index (χ1v) is 6.48. The molecule has 0 radical (unpaired) electrons. The van der Waals surface area contributed by atoms with Gasteiger partial charge in [-0.05, 0) is 32.1 Å². The summed E-state index contributed by atoms with van der Waals surface area (Å²) < 4.78 is 7.18. The summed E-state index contributed by atoms with van der Waals surface area (Å²) in [6.07, 6.45) is 3.04. The van der Waals surface area contributed by atoms with Gasteiger partial charge in [-0.2, -0.15) is 5.10 Å². The molecule has 1 saturated heterocycles. The molecule has 4 nitrogen and oxygen atoms in total. The number of ether oxygens (including phenoxy) is 1. The van der Waals surface area contributed by atoms with Gasteiger partial charge in [0, 0.05) is 25.3 Å². The van der Waals surface area contributed by atoms with Crippen LogP contribution in [-0.2, 0) is 18.2 Å². The number of hydrogen-bond donors (Lipinski definition) is 1. The third-order valence-corrected chi connectivity index (χ3v) is 3.98. The largest absolute Gasteiger partial charge is 0.381 e. The molecule has 0 aliphatic carbocycles. The Morgan fingerprint density at radius 3 is 2.94 bits per heavy atom. The van der Waals surface area contributed by atoms with Gasteiger partial charge in [0.25, 0.3) is 0 Å². The molecular formula is C12H20ClN3O. The zero-order valence-electron chi connectivity index (χ0n) is 10.4. The molecule has 1 aromatic heterocycles. The highest BCUT2D eigenvalue weighted by molar-refractivity contribution is 6.30. The number of rotatable bonds is 3. The van der Waals surface area contributed by atoms with Crippen molar-refractivity contribution in [3.8, 4) is 0 Å². The Labute approximate surface area is 107 Å². The molecule has 0 spiro atoms. The predicted octanol–water partition coefficient (Wildman–Crippen LogP) is 1.68. The van der Waals surface area contributed by atoms with Gasteiger partial charge in [-0.1, -0.05) is 11.6 Å². The van der Waals surface area contributed by atoms with Crippen molar-refractivity contribution in [2.24, 2.45) is 18.7 Å². The molecule has 5 heteroatoms. The van der Waals surface area contributed by atoms with Crippen LogP contribution in [0.2, 0.25) is 5.15 Å². The van der Waals surface area contributed by atoms with Crippen molar-refractivity contribution in [2.45, 2.75) is 32.2 Å². The van der Waals surface area contributed by atoms with Gasteiger partial charge in [0.1, 0.15) is 5.15 Å². The topological polar surface area (TPSA) is 53.1 Å². The first-order chi connectivity index (χ1) is 8.09. The zero-order chi connectivity index (χ0) is 12.4. The van der Waals surface area contributed by atoms with Crippen LogP contribution in [0.25, 0.3) is 0 Å². The Hall–Kier alpha value is -0.580. The molecule has 1 aliphatic rings. The van der Waals surface area contributed by atoms with Crippen LogP contribution in [0.4, 0.5) is 0 Å². The molecule has 17 heavy (non-hydrogen) atoms. The van der Waals surface area contributed by atoms with E-state index in [0.29, 0.717) is 11.1 Å². The summed E-state index contributed by atoms with van der Waals surface area (Å²) in [4.78, 5) is 0. The molecular weight excluding hydrogens is 238 g/mol. The average molecular weight is 258 g/mol. The predicted molar refractivity (Wildman–Crippen MR) is 68.2 cm³/mol. The Morgan fingerprint density at radius 2 is 2.41 bits per heavy atom. The molecule has 2 atom stereocenters. The van der Waals surface area contributed by atoms with E-state index in [0.717, 1.165) is 43.7 Å². The number of halogens is 1. The maximum atomic E-state index is 6.25. The summed E-state index contributed by atoms with van der Waals surface area (Å²) in [7, 11) is 1.86. The second kappa shape index (κ2) is 5.38. The lowest BCUT2D eigenvalue weighted by Crippen LogP contribution is -2.37. The van der Waals surface area contributed by atoms with Crippen LogP contribution >= 0.6 is 11.6 Å². The molecule has 0 aromatic carbocycles. The molecule has 0 bridgehead atoms. The standard InChI is InChI=1S/C12H20ClN3O/c1-8-10(12(13)16(2)15-8)6-11(14)9-4-3-5-17-7-9/h9,11H,3-7,14H2,1-2H3. The van der Waals surface area contributed by atoms with Gasteiger partial charge in [0.15, 0.2) is 0 Å². The van der Waals surface area contributed by atoms with Gasteiger partial charge in [0.05, 0.1) is 12.3 Å². The zero-order valence-corrected chi connectivity index (χ0v) is 11.2. The smallest absolute Gasteiger partial charge is 0.130 e. The van der Waals surface area contributed by atoms with Crippen LogP contribution < -0.4 is 5.73 Å². The molecule has 1 aromatic rings. The molecule has 2 unspecified atom stereocenters. The van der Waals surface area contributed by atoms with E-state index in [1.54, 1.807) is 4.68 Å². The summed E-state index contributed by atoms with van der Waals surface area (Å²) in [5.74, 6) is 0.444. The van der Waals surface area contributed by atoms with Gasteiger partial charge >= 0.3 is 0 Å². The normalized spacial score (nSPS) is 22.7. The SMILES string of the molecule is Cc1nn(C)c(Cl)c1CC(N)C1CCCOC1. The van der Waals surface area contributed by atoms with Crippen molar-refractivity contribution >= 4 is 11.6 Å². The van der Waals surface area contributed by atoms with Crippen molar-refractivity contribution in [1.82, 2.24) is 9.78 Å². The highest BCUT2D eigenvalue weighted by atomic mass is 35.5. The van der Waals surface area contributed by atoms with E-state index >= 15 is 0 Å². The molecule has 2 N–H and O–H groups in total. The van der Waals surface area contributed by atoms with E-state index < -0.39 is 0 Å². The average Bonchev–Trinajstić information content (AvgIpc) is 2.57. The van der Waals surface area contributed by atoms with E-state index in [1.807, 2.05) is 14.0 Å². The number of hydrogen-bond acceptors (Lipinski definition) is 3. The minimum Gasteiger partial charge on any atom is -0.381 e. The fourth-order valence-electron chi connectivity index (χ4n) is 2.41. The van der Waals surface area contributed by atoms with Gasteiger partial charge in [-0.3, -0.25) is 4.68 Å². The van der Waals surface area contributed by atoms with Crippen LogP contribution in [0.5, 0.6) is 0 Å². The van der Waals surface area contributed by atoms with Crippen LogP contribution in [0.1, 0.15) is 24.1 Å². The van der Waals surface area contributed by atoms with Crippen molar-refractivity contribution in [2.75, 3.05) is 13.2 Å². The van der Waals surface area contributed by atoms with Crippen LogP contribution in [-0.4, -0.2) is 29.0 Å². The van der Waals surface area contributed by atoms with E-state index in [2.05, 4.69) is 5.10 Å². The van der Waals surface area contributed by atoms with Gasteiger partial charge < -0.3 is 10.5 Å². The first-order valence-electron chi connectivity index (χ1n) is 6.11. The maximum absolute atomic E-state index is 6.25. The lowest BCUT2D eigenvalue weighted by Gasteiger charge is -2.27.